The molecule has 7 nitrogen and oxygen atoms in total. The zero-order chi connectivity index (χ0) is 18.4. The van der Waals surface area contributed by atoms with Gasteiger partial charge in [0.15, 0.2) is 27.5 Å². The molecule has 2 N–H and O–H groups in total. The van der Waals surface area contributed by atoms with Crippen molar-refractivity contribution in [1.82, 2.24) is 10.9 Å². The third-order valence-corrected chi connectivity index (χ3v) is 6.76. The molecule has 0 saturated carbocycles. The summed E-state index contributed by atoms with van der Waals surface area (Å²) in [6.45, 7) is 1.42. The molecule has 1 heterocycles. The highest BCUT2D eigenvalue weighted by Crippen LogP contribution is 2.23. The number of para-hydroxylation sites is 1. The lowest BCUT2D eigenvalue weighted by molar-refractivity contribution is -0.132. The van der Waals surface area contributed by atoms with E-state index in [2.05, 4.69) is 10.9 Å². The molecule has 0 unspecified atom stereocenters. The number of sulfone groups is 1. The maximum Gasteiger partial charge on any atom is 0.279 e. The van der Waals surface area contributed by atoms with Gasteiger partial charge in [0.25, 0.3) is 5.91 Å². The molecular weight excluding hydrogens is 371 g/mol. The Morgan fingerprint density at radius 2 is 2.08 bits per heavy atom. The Morgan fingerprint density at radius 3 is 2.72 bits per heavy atom. The summed E-state index contributed by atoms with van der Waals surface area (Å²) in [5, 5.41) is -0.102. The first kappa shape index (κ1) is 19.5. The number of thioether (sulfide) groups is 1. The first-order chi connectivity index (χ1) is 11.8. The van der Waals surface area contributed by atoms with Crippen molar-refractivity contribution in [2.75, 3.05) is 17.3 Å². The van der Waals surface area contributed by atoms with E-state index in [0.29, 0.717) is 6.42 Å². The van der Waals surface area contributed by atoms with Gasteiger partial charge in [-0.15, -0.1) is 11.8 Å². The Labute approximate surface area is 149 Å². The molecule has 1 saturated heterocycles. The first-order valence-corrected chi connectivity index (χ1v) is 10.5. The summed E-state index contributed by atoms with van der Waals surface area (Å²) in [6, 6.07) is 5.68. The van der Waals surface area contributed by atoms with Crippen LogP contribution in [0.5, 0.6) is 5.75 Å². The average Bonchev–Trinajstić information content (AvgIpc) is 2.91. The summed E-state index contributed by atoms with van der Waals surface area (Å²) in [4.78, 5) is 23.6. The van der Waals surface area contributed by atoms with Crippen LogP contribution >= 0.6 is 11.8 Å². The summed E-state index contributed by atoms with van der Waals surface area (Å²) in [5.74, 6) is -1.49. The van der Waals surface area contributed by atoms with Gasteiger partial charge < -0.3 is 4.74 Å². The second-order valence-corrected chi connectivity index (χ2v) is 9.08. The molecule has 1 aliphatic rings. The van der Waals surface area contributed by atoms with E-state index in [1.54, 1.807) is 6.07 Å². The molecule has 1 aromatic carbocycles. The zero-order valence-corrected chi connectivity index (χ0v) is 15.2. The molecule has 2 atom stereocenters. The quantitative estimate of drug-likeness (QED) is 0.692. The Bertz CT molecular complexity index is 741. The van der Waals surface area contributed by atoms with Gasteiger partial charge >= 0.3 is 0 Å². The molecule has 1 fully saturated rings. The topological polar surface area (TPSA) is 102 Å². The van der Waals surface area contributed by atoms with Gasteiger partial charge in [-0.25, -0.2) is 12.8 Å². The summed E-state index contributed by atoms with van der Waals surface area (Å²) in [5.41, 5.74) is 4.42. The van der Waals surface area contributed by atoms with Crippen LogP contribution in [0.3, 0.4) is 0 Å². The number of hydrogen-bond acceptors (Lipinski definition) is 6. The third-order valence-electron chi connectivity index (χ3n) is 3.48. The maximum absolute atomic E-state index is 13.5. The molecule has 1 aromatic rings. The van der Waals surface area contributed by atoms with Crippen molar-refractivity contribution < 1.29 is 27.1 Å². The first-order valence-electron chi connectivity index (χ1n) is 7.59. The van der Waals surface area contributed by atoms with Crippen molar-refractivity contribution in [1.29, 1.82) is 0 Å². The summed E-state index contributed by atoms with van der Waals surface area (Å²) >= 11 is 1.24. The van der Waals surface area contributed by atoms with Gasteiger partial charge in [-0.05, 0) is 25.5 Å². The number of amides is 2. The van der Waals surface area contributed by atoms with Crippen LogP contribution in [0.2, 0.25) is 0 Å². The number of carbonyl (C=O) groups excluding carboxylic acids is 2. The molecule has 25 heavy (non-hydrogen) atoms. The van der Waals surface area contributed by atoms with Gasteiger partial charge in [0.1, 0.15) is 0 Å². The minimum absolute atomic E-state index is 0.0308. The maximum atomic E-state index is 13.5. The lowest BCUT2D eigenvalue weighted by Gasteiger charge is -2.15. The second-order valence-electron chi connectivity index (χ2n) is 5.56. The smallest absolute Gasteiger partial charge is 0.279 e. The van der Waals surface area contributed by atoms with Crippen LogP contribution in [0.25, 0.3) is 0 Å². The molecule has 138 valence electrons. The van der Waals surface area contributed by atoms with E-state index in [9.17, 15) is 22.4 Å². The normalized spacial score (nSPS) is 19.8. The molecule has 0 bridgehead atoms. The predicted molar refractivity (Wildman–Crippen MR) is 92.3 cm³/mol. The molecule has 2 rings (SSSR count). The van der Waals surface area contributed by atoms with Crippen molar-refractivity contribution in [2.45, 2.75) is 24.7 Å². The van der Waals surface area contributed by atoms with Crippen molar-refractivity contribution in [2.24, 2.45) is 0 Å². The second kappa shape index (κ2) is 8.52. The highest BCUT2D eigenvalue weighted by atomic mass is 32.2. The van der Waals surface area contributed by atoms with Gasteiger partial charge in [0.2, 0.25) is 5.91 Å². The minimum atomic E-state index is -2.98. The zero-order valence-electron chi connectivity index (χ0n) is 13.5. The van der Waals surface area contributed by atoms with E-state index >= 15 is 0 Å². The van der Waals surface area contributed by atoms with Crippen molar-refractivity contribution in [3.8, 4) is 5.75 Å². The number of hydrazine groups is 1. The van der Waals surface area contributed by atoms with Gasteiger partial charge in [-0.3, -0.25) is 20.4 Å². The molecule has 1 aliphatic heterocycles. The third kappa shape index (κ3) is 6.20. The van der Waals surface area contributed by atoms with Crippen LogP contribution in [0.4, 0.5) is 4.39 Å². The summed E-state index contributed by atoms with van der Waals surface area (Å²) in [6.07, 6.45) is -0.481. The van der Waals surface area contributed by atoms with Gasteiger partial charge in [0.05, 0.1) is 17.3 Å². The largest absolute Gasteiger partial charge is 0.478 e. The van der Waals surface area contributed by atoms with Crippen LogP contribution in [0.1, 0.15) is 13.3 Å². The Hall–Kier alpha value is -1.81. The minimum Gasteiger partial charge on any atom is -0.478 e. The summed E-state index contributed by atoms with van der Waals surface area (Å²) in [7, 11) is -2.98. The van der Waals surface area contributed by atoms with Crippen LogP contribution in [0, 0.1) is 5.82 Å². The average molecular weight is 390 g/mol. The fraction of sp³-hybridized carbons (Fsp3) is 0.467. The SMILES string of the molecule is C[C@H](Oc1ccccc1F)C(=O)NNC(=O)CS[C@@H]1CCS(=O)(=O)C1. The number of hydrogen-bond donors (Lipinski definition) is 2. The number of rotatable bonds is 6. The lowest BCUT2D eigenvalue weighted by Crippen LogP contribution is -2.47. The molecular formula is C15H19FN2O5S2. The van der Waals surface area contributed by atoms with Crippen LogP contribution in [-0.2, 0) is 19.4 Å². The fourth-order valence-electron chi connectivity index (χ4n) is 2.14. The highest BCUT2D eigenvalue weighted by molar-refractivity contribution is 8.02. The van der Waals surface area contributed by atoms with E-state index in [4.69, 9.17) is 4.74 Å². The van der Waals surface area contributed by atoms with Gasteiger partial charge in [-0.1, -0.05) is 12.1 Å². The molecule has 10 heteroatoms. The van der Waals surface area contributed by atoms with Crippen molar-refractivity contribution in [3.63, 3.8) is 0 Å². The summed E-state index contributed by atoms with van der Waals surface area (Å²) < 4.78 is 41.3. The number of ether oxygens (including phenoxy) is 1. The molecule has 0 spiro atoms. The van der Waals surface area contributed by atoms with E-state index in [1.807, 2.05) is 0 Å². The van der Waals surface area contributed by atoms with E-state index in [-0.39, 0.29) is 28.3 Å². The Kier molecular flexibility index (Phi) is 6.65. The van der Waals surface area contributed by atoms with Crippen LogP contribution in [0.15, 0.2) is 24.3 Å². The number of carbonyl (C=O) groups is 2. The Balaban J connectivity index is 1.70. The van der Waals surface area contributed by atoms with E-state index in [1.165, 1.54) is 36.9 Å². The number of benzene rings is 1. The number of halogens is 1. The monoisotopic (exact) mass is 390 g/mol. The predicted octanol–water partition coefficient (Wildman–Crippen LogP) is 0.661. The van der Waals surface area contributed by atoms with Crippen LogP contribution in [-0.4, -0.2) is 48.8 Å². The standard InChI is InChI=1S/C15H19FN2O5S2/c1-10(23-13-5-3-2-4-12(13)16)15(20)18-17-14(19)8-24-11-6-7-25(21,22)9-11/h2-5,10-11H,6-9H2,1H3,(H,17,19)(H,18,20)/t10-,11+/m0/s1. The molecule has 2 amide bonds. The van der Waals surface area contributed by atoms with Crippen LogP contribution < -0.4 is 15.6 Å². The Morgan fingerprint density at radius 1 is 1.36 bits per heavy atom. The van der Waals surface area contributed by atoms with Crippen molar-refractivity contribution in [3.05, 3.63) is 30.1 Å². The van der Waals surface area contributed by atoms with E-state index in [0.717, 1.165) is 0 Å². The van der Waals surface area contributed by atoms with E-state index < -0.39 is 33.6 Å². The van der Waals surface area contributed by atoms with Crippen molar-refractivity contribution >= 4 is 33.4 Å². The highest BCUT2D eigenvalue weighted by Gasteiger charge is 2.28. The lowest BCUT2D eigenvalue weighted by atomic mass is 10.3. The molecule has 0 radical (unpaired) electrons. The molecule has 0 aromatic heterocycles. The fourth-order valence-corrected chi connectivity index (χ4v) is 5.58. The van der Waals surface area contributed by atoms with Gasteiger partial charge in [0, 0.05) is 5.25 Å². The van der Waals surface area contributed by atoms with Gasteiger partial charge in [-0.2, -0.15) is 0 Å². The number of nitrogens with one attached hydrogen (secondary N) is 2. The molecule has 0 aliphatic carbocycles.